The maximum Gasteiger partial charge on any atom is 0.248 e. The van der Waals surface area contributed by atoms with Crippen LogP contribution in [0.4, 0.5) is 5.69 Å². The van der Waals surface area contributed by atoms with Crippen molar-refractivity contribution in [1.29, 1.82) is 0 Å². The zero-order valence-corrected chi connectivity index (χ0v) is 9.44. The lowest BCUT2D eigenvalue weighted by Crippen LogP contribution is -2.10. The lowest BCUT2D eigenvalue weighted by Gasteiger charge is -1.96. The van der Waals surface area contributed by atoms with Crippen molar-refractivity contribution in [3.63, 3.8) is 0 Å². The van der Waals surface area contributed by atoms with Gasteiger partial charge >= 0.3 is 0 Å². The highest BCUT2D eigenvalue weighted by Crippen LogP contribution is 2.08. The molecule has 2 aromatic heterocycles. The number of rotatable bonds is 3. The number of nitrogens with one attached hydrogen (secondary N) is 2. The molecule has 17 heavy (non-hydrogen) atoms. The van der Waals surface area contributed by atoms with Gasteiger partial charge in [-0.25, -0.2) is 4.98 Å². The zero-order chi connectivity index (χ0) is 12.1. The lowest BCUT2D eigenvalue weighted by molar-refractivity contribution is -0.377. The van der Waals surface area contributed by atoms with Crippen LogP contribution in [0.1, 0.15) is 11.5 Å². The van der Waals surface area contributed by atoms with Gasteiger partial charge in [-0.15, -0.1) is 0 Å². The minimum absolute atomic E-state index is 0.196. The van der Waals surface area contributed by atoms with Crippen LogP contribution in [0.25, 0.3) is 6.08 Å². The number of amides is 1. The van der Waals surface area contributed by atoms with Gasteiger partial charge in [0.25, 0.3) is 0 Å². The van der Waals surface area contributed by atoms with E-state index >= 15 is 0 Å². The molecule has 4 nitrogen and oxygen atoms in total. The summed E-state index contributed by atoms with van der Waals surface area (Å²) in [5, 5.41) is 2.72. The molecule has 0 spiro atoms. The van der Waals surface area contributed by atoms with Gasteiger partial charge in [0.2, 0.25) is 5.91 Å². The van der Waals surface area contributed by atoms with Crippen LogP contribution in [0.5, 0.6) is 0 Å². The molecule has 2 rings (SSSR count). The van der Waals surface area contributed by atoms with Crippen LogP contribution in [-0.2, 0) is 4.79 Å². The van der Waals surface area contributed by atoms with Gasteiger partial charge in [0, 0.05) is 12.1 Å². The number of anilines is 1. The first-order valence-electron chi connectivity index (χ1n) is 5.26. The van der Waals surface area contributed by atoms with Crippen molar-refractivity contribution in [2.24, 2.45) is 0 Å². The number of hydrogen-bond acceptors (Lipinski definition) is 2. The molecule has 86 valence electrons. The van der Waals surface area contributed by atoms with Gasteiger partial charge in [-0.3, -0.25) is 4.79 Å². The molecule has 0 fully saturated rings. The Balaban J connectivity index is 1.96. The Morgan fingerprint density at radius 2 is 2.29 bits per heavy atom. The predicted octanol–water partition coefficient (Wildman–Crippen LogP) is 2.05. The lowest BCUT2D eigenvalue weighted by atomic mass is 10.3. The van der Waals surface area contributed by atoms with Gasteiger partial charge in [0.05, 0.1) is 0 Å². The van der Waals surface area contributed by atoms with E-state index in [1.807, 2.05) is 25.1 Å². The van der Waals surface area contributed by atoms with Gasteiger partial charge in [-0.05, 0) is 31.2 Å². The highest BCUT2D eigenvalue weighted by atomic mass is 16.3. The molecule has 0 aliphatic rings. The van der Waals surface area contributed by atoms with Gasteiger partial charge in [-0.2, -0.15) is 0 Å². The molecule has 0 aromatic carbocycles. The Bertz CT molecular complexity index is 529. The Hall–Kier alpha value is -2.36. The Kier molecular flexibility index (Phi) is 3.35. The summed E-state index contributed by atoms with van der Waals surface area (Å²) in [7, 11) is 0. The first-order chi connectivity index (χ1) is 8.24. The van der Waals surface area contributed by atoms with Crippen molar-refractivity contribution in [3.05, 3.63) is 54.3 Å². The SMILES string of the molecule is Cc1ccc(C=CC(=O)Nc2ccc[nH+]c2)o1. The van der Waals surface area contributed by atoms with Gasteiger partial charge in [0.1, 0.15) is 17.2 Å². The number of aryl methyl sites for hydroxylation is 1. The fourth-order valence-electron chi connectivity index (χ4n) is 1.36. The first-order valence-corrected chi connectivity index (χ1v) is 5.26. The Labute approximate surface area is 99.0 Å². The summed E-state index contributed by atoms with van der Waals surface area (Å²) >= 11 is 0. The largest absolute Gasteiger partial charge is 0.462 e. The summed E-state index contributed by atoms with van der Waals surface area (Å²) in [4.78, 5) is 14.4. The van der Waals surface area contributed by atoms with E-state index in [0.29, 0.717) is 5.76 Å². The second-order valence-electron chi connectivity index (χ2n) is 3.56. The normalized spacial score (nSPS) is 10.6. The van der Waals surface area contributed by atoms with Crippen molar-refractivity contribution in [1.82, 2.24) is 0 Å². The molecule has 2 N–H and O–H groups in total. The van der Waals surface area contributed by atoms with Crippen LogP contribution in [0.3, 0.4) is 0 Å². The smallest absolute Gasteiger partial charge is 0.248 e. The maximum atomic E-state index is 11.5. The molecule has 0 unspecified atom stereocenters. The highest BCUT2D eigenvalue weighted by molar-refractivity contribution is 6.01. The van der Waals surface area contributed by atoms with E-state index in [2.05, 4.69) is 10.3 Å². The minimum atomic E-state index is -0.196. The number of H-pyrrole nitrogens is 1. The van der Waals surface area contributed by atoms with Gasteiger partial charge in [-0.1, -0.05) is 0 Å². The number of carbonyl (C=O) groups is 1. The summed E-state index contributed by atoms with van der Waals surface area (Å²) in [6.45, 7) is 1.86. The van der Waals surface area contributed by atoms with Crippen molar-refractivity contribution >= 4 is 17.7 Å². The average Bonchev–Trinajstić information content (AvgIpc) is 2.74. The maximum absolute atomic E-state index is 11.5. The summed E-state index contributed by atoms with van der Waals surface area (Å²) in [5.74, 6) is 1.29. The van der Waals surface area contributed by atoms with Crippen LogP contribution in [0.15, 0.2) is 47.2 Å². The zero-order valence-electron chi connectivity index (χ0n) is 9.44. The fraction of sp³-hybridized carbons (Fsp3) is 0.0769. The van der Waals surface area contributed by atoms with E-state index in [9.17, 15) is 4.79 Å². The summed E-state index contributed by atoms with van der Waals surface area (Å²) in [6, 6.07) is 7.29. The van der Waals surface area contributed by atoms with Crippen LogP contribution in [0, 0.1) is 6.92 Å². The standard InChI is InChI=1S/C13H12N2O2/c1-10-4-5-12(17-10)6-7-13(16)15-11-3-2-8-14-9-11/h2-9H,1H3,(H,15,16)/p+1. The molecule has 2 heterocycles. The minimum Gasteiger partial charge on any atom is -0.462 e. The predicted molar refractivity (Wildman–Crippen MR) is 64.1 cm³/mol. The van der Waals surface area contributed by atoms with Crippen LogP contribution in [0.2, 0.25) is 0 Å². The second kappa shape index (κ2) is 5.12. The van der Waals surface area contributed by atoms with E-state index in [0.717, 1.165) is 11.4 Å². The van der Waals surface area contributed by atoms with Crippen molar-refractivity contribution in [3.8, 4) is 0 Å². The van der Waals surface area contributed by atoms with E-state index in [4.69, 9.17) is 4.42 Å². The number of aromatic nitrogens is 1. The van der Waals surface area contributed by atoms with Gasteiger partial charge < -0.3 is 9.73 Å². The number of carbonyl (C=O) groups excluding carboxylic acids is 1. The number of pyridine rings is 1. The number of furan rings is 1. The molecule has 0 aliphatic heterocycles. The molecule has 0 saturated heterocycles. The second-order valence-corrected chi connectivity index (χ2v) is 3.56. The molecular weight excluding hydrogens is 216 g/mol. The topological polar surface area (TPSA) is 56.4 Å². The molecule has 0 bridgehead atoms. The number of hydrogen-bond donors (Lipinski definition) is 1. The molecule has 2 aromatic rings. The quantitative estimate of drug-likeness (QED) is 0.819. The first kappa shape index (κ1) is 11.1. The molecule has 0 saturated carbocycles. The molecule has 1 amide bonds. The molecule has 0 radical (unpaired) electrons. The summed E-state index contributed by atoms with van der Waals surface area (Å²) in [6.07, 6.45) is 6.56. The van der Waals surface area contributed by atoms with E-state index in [-0.39, 0.29) is 5.91 Å². The fourth-order valence-corrected chi connectivity index (χ4v) is 1.36. The van der Waals surface area contributed by atoms with Crippen LogP contribution >= 0.6 is 0 Å². The third kappa shape index (κ3) is 3.31. The summed E-state index contributed by atoms with van der Waals surface area (Å²) in [5.41, 5.74) is 0.720. The number of aromatic amines is 1. The third-order valence-electron chi connectivity index (χ3n) is 2.13. The highest BCUT2D eigenvalue weighted by Gasteiger charge is 2.00. The van der Waals surface area contributed by atoms with Gasteiger partial charge in [0.15, 0.2) is 12.4 Å². The van der Waals surface area contributed by atoms with E-state index in [1.165, 1.54) is 6.08 Å². The third-order valence-corrected chi connectivity index (χ3v) is 2.13. The molecule has 4 heteroatoms. The monoisotopic (exact) mass is 229 g/mol. The van der Waals surface area contributed by atoms with Crippen molar-refractivity contribution in [2.75, 3.05) is 5.32 Å². The average molecular weight is 229 g/mol. The van der Waals surface area contributed by atoms with E-state index in [1.54, 1.807) is 24.5 Å². The van der Waals surface area contributed by atoms with E-state index < -0.39 is 0 Å². The summed E-state index contributed by atoms with van der Waals surface area (Å²) < 4.78 is 5.31. The van der Waals surface area contributed by atoms with Crippen molar-refractivity contribution < 1.29 is 14.2 Å². The van der Waals surface area contributed by atoms with Crippen molar-refractivity contribution in [2.45, 2.75) is 6.92 Å². The Morgan fingerprint density at radius 3 is 2.94 bits per heavy atom. The Morgan fingerprint density at radius 1 is 1.41 bits per heavy atom. The molecule has 0 aliphatic carbocycles. The molecular formula is C13H13N2O2+. The van der Waals surface area contributed by atoms with Crippen LogP contribution in [-0.4, -0.2) is 5.91 Å². The molecule has 0 atom stereocenters. The van der Waals surface area contributed by atoms with Crippen LogP contribution < -0.4 is 10.3 Å².